The normalized spacial score (nSPS) is 14.6. The molecule has 1 aliphatic rings. The molecule has 9 nitrogen and oxygen atoms in total. The molecule has 0 saturated carbocycles. The van der Waals surface area contributed by atoms with Crippen LogP contribution in [0.2, 0.25) is 0 Å². The van der Waals surface area contributed by atoms with Crippen LogP contribution in [0, 0.1) is 0 Å². The predicted octanol–water partition coefficient (Wildman–Crippen LogP) is 2.63. The number of benzene rings is 1. The van der Waals surface area contributed by atoms with Crippen molar-refractivity contribution in [3.63, 3.8) is 0 Å². The molecule has 168 valence electrons. The highest BCUT2D eigenvalue weighted by molar-refractivity contribution is 8.18. The van der Waals surface area contributed by atoms with Crippen molar-refractivity contribution >= 4 is 40.7 Å². The summed E-state index contributed by atoms with van der Waals surface area (Å²) < 4.78 is 10.5. The summed E-state index contributed by atoms with van der Waals surface area (Å²) in [5.74, 6) is 0.901. The number of methoxy groups -OCH3 is 2. The number of ether oxygens (including phenoxy) is 2. The highest BCUT2D eigenvalue weighted by Crippen LogP contribution is 2.34. The number of imide groups is 1. The van der Waals surface area contributed by atoms with Crippen LogP contribution >= 0.6 is 11.8 Å². The third kappa shape index (κ3) is 5.02. The van der Waals surface area contributed by atoms with Crippen molar-refractivity contribution in [3.8, 4) is 11.5 Å². The second-order valence-corrected chi connectivity index (χ2v) is 7.97. The maximum Gasteiger partial charge on any atom is 0.293 e. The van der Waals surface area contributed by atoms with Gasteiger partial charge in [0, 0.05) is 33.4 Å². The summed E-state index contributed by atoms with van der Waals surface area (Å²) >= 11 is 0.859. The number of thioether (sulfide) groups is 1. The van der Waals surface area contributed by atoms with Crippen molar-refractivity contribution in [1.82, 2.24) is 15.2 Å². The van der Waals surface area contributed by atoms with Crippen LogP contribution in [0.1, 0.15) is 15.9 Å². The van der Waals surface area contributed by atoms with E-state index < -0.39 is 5.91 Å². The van der Waals surface area contributed by atoms with Gasteiger partial charge < -0.3 is 19.7 Å². The molecule has 3 rings (SSSR count). The molecule has 10 heteroatoms. The fourth-order valence-electron chi connectivity index (χ4n) is 3.09. The molecule has 1 aromatic carbocycles. The molecule has 0 bridgehead atoms. The van der Waals surface area contributed by atoms with Gasteiger partial charge in [0.25, 0.3) is 17.1 Å². The predicted molar refractivity (Wildman–Crippen MR) is 123 cm³/mol. The number of hydrogen-bond acceptors (Lipinski definition) is 8. The Balaban J connectivity index is 1.65. The van der Waals surface area contributed by atoms with Gasteiger partial charge in [-0.1, -0.05) is 6.07 Å². The lowest BCUT2D eigenvalue weighted by molar-refractivity contribution is -0.122. The van der Waals surface area contributed by atoms with Gasteiger partial charge >= 0.3 is 0 Å². The van der Waals surface area contributed by atoms with E-state index in [-0.39, 0.29) is 24.2 Å². The van der Waals surface area contributed by atoms with Gasteiger partial charge in [0.15, 0.2) is 11.5 Å². The van der Waals surface area contributed by atoms with Crippen LogP contribution in [0.3, 0.4) is 0 Å². The highest BCUT2D eigenvalue weighted by atomic mass is 32.2. The third-order valence-corrected chi connectivity index (χ3v) is 5.56. The minimum atomic E-state index is -0.403. The Kier molecular flexibility index (Phi) is 7.37. The van der Waals surface area contributed by atoms with Gasteiger partial charge in [-0.15, -0.1) is 0 Å². The van der Waals surface area contributed by atoms with Crippen LogP contribution in [-0.4, -0.2) is 68.3 Å². The molecular weight excluding hydrogens is 432 g/mol. The number of hydrogen-bond donors (Lipinski definition) is 1. The largest absolute Gasteiger partial charge is 0.493 e. The number of carbonyl (C=O) groups excluding carboxylic acids is 3. The van der Waals surface area contributed by atoms with Crippen LogP contribution in [0.5, 0.6) is 11.5 Å². The first kappa shape index (κ1) is 23.1. The van der Waals surface area contributed by atoms with Crippen LogP contribution in [0.25, 0.3) is 6.08 Å². The lowest BCUT2D eigenvalue weighted by Gasteiger charge is -2.16. The molecule has 1 aliphatic heterocycles. The summed E-state index contributed by atoms with van der Waals surface area (Å²) in [4.78, 5) is 45.0. The van der Waals surface area contributed by atoms with Crippen molar-refractivity contribution in [2.75, 3.05) is 46.3 Å². The van der Waals surface area contributed by atoms with E-state index in [1.807, 2.05) is 0 Å². The van der Waals surface area contributed by atoms with Crippen LogP contribution < -0.4 is 19.7 Å². The first-order chi connectivity index (χ1) is 15.3. The zero-order chi connectivity index (χ0) is 23.3. The molecule has 3 amide bonds. The Morgan fingerprint density at radius 1 is 1.19 bits per heavy atom. The van der Waals surface area contributed by atoms with Gasteiger partial charge in [0.2, 0.25) is 0 Å². The molecule has 0 radical (unpaired) electrons. The van der Waals surface area contributed by atoms with Crippen molar-refractivity contribution in [2.45, 2.75) is 0 Å². The number of carbonyl (C=O) groups is 3. The summed E-state index contributed by atoms with van der Waals surface area (Å²) in [5, 5.41) is 2.36. The number of anilines is 1. The lowest BCUT2D eigenvalue weighted by Crippen LogP contribution is -2.37. The Morgan fingerprint density at radius 3 is 2.62 bits per heavy atom. The first-order valence-electron chi connectivity index (χ1n) is 9.73. The van der Waals surface area contributed by atoms with Gasteiger partial charge in [-0.25, -0.2) is 4.98 Å². The minimum absolute atomic E-state index is 0.0667. The molecular formula is C22H24N4O5S. The Hall–Kier alpha value is -3.53. The second-order valence-electron chi connectivity index (χ2n) is 6.97. The van der Waals surface area contributed by atoms with Crippen molar-refractivity contribution in [3.05, 3.63) is 52.6 Å². The Labute approximate surface area is 190 Å². The fraction of sp³-hybridized carbons (Fsp3) is 0.273. The number of rotatable bonds is 8. The average Bonchev–Trinajstić information content (AvgIpc) is 3.06. The quantitative estimate of drug-likeness (QED) is 0.605. The van der Waals surface area contributed by atoms with E-state index >= 15 is 0 Å². The summed E-state index contributed by atoms with van der Waals surface area (Å²) in [5.41, 5.74) is 1.12. The number of nitrogens with one attached hydrogen (secondary N) is 1. The molecule has 0 aliphatic carbocycles. The van der Waals surface area contributed by atoms with E-state index in [4.69, 9.17) is 9.47 Å². The molecule has 1 N–H and O–H groups in total. The zero-order valence-corrected chi connectivity index (χ0v) is 19.1. The van der Waals surface area contributed by atoms with Crippen LogP contribution in [0.15, 0.2) is 41.4 Å². The average molecular weight is 457 g/mol. The maximum absolute atomic E-state index is 12.7. The molecule has 2 heterocycles. The molecule has 1 saturated heterocycles. The van der Waals surface area contributed by atoms with Gasteiger partial charge in [-0.05, 0) is 47.7 Å². The number of amides is 3. The lowest BCUT2D eigenvalue weighted by atomic mass is 10.2. The number of aromatic nitrogens is 1. The smallest absolute Gasteiger partial charge is 0.293 e. The fourth-order valence-corrected chi connectivity index (χ4v) is 3.96. The monoisotopic (exact) mass is 456 g/mol. The SMILES string of the molecule is COc1ccc(/C=C2\SC(=O)N(CCNC(=O)c3cccnc3N(C)C)C2=O)cc1OC. The summed E-state index contributed by atoms with van der Waals surface area (Å²) in [6.45, 7) is 0.194. The van der Waals surface area contributed by atoms with Crippen LogP contribution in [-0.2, 0) is 4.79 Å². The van der Waals surface area contributed by atoms with Gasteiger partial charge in [-0.2, -0.15) is 0 Å². The highest BCUT2D eigenvalue weighted by Gasteiger charge is 2.34. The minimum Gasteiger partial charge on any atom is -0.493 e. The molecule has 1 aromatic heterocycles. The molecule has 0 spiro atoms. The molecule has 32 heavy (non-hydrogen) atoms. The van der Waals surface area contributed by atoms with E-state index in [1.54, 1.807) is 61.6 Å². The third-order valence-electron chi connectivity index (χ3n) is 4.65. The molecule has 1 fully saturated rings. The summed E-state index contributed by atoms with van der Waals surface area (Å²) in [6, 6.07) is 8.57. The van der Waals surface area contributed by atoms with Crippen molar-refractivity contribution in [2.24, 2.45) is 0 Å². The first-order valence-corrected chi connectivity index (χ1v) is 10.5. The van der Waals surface area contributed by atoms with Crippen LogP contribution in [0.4, 0.5) is 10.6 Å². The van der Waals surface area contributed by atoms with E-state index in [2.05, 4.69) is 10.3 Å². The summed E-state index contributed by atoms with van der Waals surface area (Å²) in [7, 11) is 6.66. The van der Waals surface area contributed by atoms with Crippen molar-refractivity contribution in [1.29, 1.82) is 0 Å². The van der Waals surface area contributed by atoms with E-state index in [1.165, 1.54) is 14.2 Å². The molecule has 0 unspecified atom stereocenters. The van der Waals surface area contributed by atoms with E-state index in [0.717, 1.165) is 16.7 Å². The molecule has 0 atom stereocenters. The standard InChI is InChI=1S/C22H24N4O5S/c1-25(2)19-15(6-5-9-23-19)20(27)24-10-11-26-21(28)18(32-22(26)29)13-14-7-8-16(30-3)17(12-14)31-4/h5-9,12-13H,10-11H2,1-4H3,(H,24,27)/b18-13-. The van der Waals surface area contributed by atoms with Crippen molar-refractivity contribution < 1.29 is 23.9 Å². The number of nitrogens with zero attached hydrogens (tertiary/aromatic N) is 3. The number of pyridine rings is 1. The van der Waals surface area contributed by atoms with Gasteiger partial charge in [0.05, 0.1) is 24.7 Å². The maximum atomic E-state index is 12.7. The Bertz CT molecular complexity index is 1070. The van der Waals surface area contributed by atoms with Gasteiger partial charge in [-0.3, -0.25) is 19.3 Å². The van der Waals surface area contributed by atoms with Gasteiger partial charge in [0.1, 0.15) is 5.82 Å². The van der Waals surface area contributed by atoms with E-state index in [9.17, 15) is 14.4 Å². The molecule has 2 aromatic rings. The second kappa shape index (κ2) is 10.2. The zero-order valence-electron chi connectivity index (χ0n) is 18.2. The Morgan fingerprint density at radius 2 is 1.94 bits per heavy atom. The van der Waals surface area contributed by atoms with E-state index in [0.29, 0.717) is 33.3 Å². The topological polar surface area (TPSA) is 101 Å². The summed E-state index contributed by atoms with van der Waals surface area (Å²) in [6.07, 6.45) is 3.24.